The van der Waals surface area contributed by atoms with Gasteiger partial charge in [0.05, 0.1) is 10.6 Å². The number of rotatable bonds is 3. The Kier molecular flexibility index (Phi) is 3.93. The first kappa shape index (κ1) is 15.1. The van der Waals surface area contributed by atoms with Gasteiger partial charge in [-0.2, -0.15) is 0 Å². The fourth-order valence-corrected chi connectivity index (χ4v) is 4.05. The van der Waals surface area contributed by atoms with Crippen molar-refractivity contribution in [2.45, 2.75) is 11.8 Å². The van der Waals surface area contributed by atoms with Gasteiger partial charge in [-0.1, -0.05) is 58.4 Å². The maximum absolute atomic E-state index is 12.8. The fraction of sp³-hybridized carbons (Fsp3) is 0.0588. The summed E-state index contributed by atoms with van der Waals surface area (Å²) in [6.07, 6.45) is 0. The summed E-state index contributed by atoms with van der Waals surface area (Å²) in [5.41, 5.74) is 1.44. The van der Waals surface area contributed by atoms with E-state index < -0.39 is 10.0 Å². The Bertz CT molecular complexity index is 947. The molecule has 3 nitrogen and oxygen atoms in total. The van der Waals surface area contributed by atoms with Crippen molar-refractivity contribution in [3.63, 3.8) is 0 Å². The second kappa shape index (κ2) is 5.74. The van der Waals surface area contributed by atoms with E-state index in [0.717, 1.165) is 15.4 Å². The molecular weight excluding hydrogens is 362 g/mol. The number of hydrogen-bond donors (Lipinski definition) is 1. The molecule has 0 atom stereocenters. The van der Waals surface area contributed by atoms with Crippen LogP contribution >= 0.6 is 15.9 Å². The molecule has 0 saturated carbocycles. The van der Waals surface area contributed by atoms with Crippen LogP contribution in [0.25, 0.3) is 10.8 Å². The van der Waals surface area contributed by atoms with Gasteiger partial charge in [0.25, 0.3) is 10.0 Å². The highest BCUT2D eigenvalue weighted by Crippen LogP contribution is 2.27. The molecule has 0 radical (unpaired) electrons. The molecule has 22 heavy (non-hydrogen) atoms. The van der Waals surface area contributed by atoms with Gasteiger partial charge in [0.1, 0.15) is 0 Å². The van der Waals surface area contributed by atoms with E-state index in [-0.39, 0.29) is 4.90 Å². The Morgan fingerprint density at radius 3 is 2.50 bits per heavy atom. The van der Waals surface area contributed by atoms with E-state index in [2.05, 4.69) is 20.7 Å². The number of halogens is 1. The molecule has 3 rings (SSSR count). The maximum atomic E-state index is 12.8. The van der Waals surface area contributed by atoms with Crippen LogP contribution in [0.3, 0.4) is 0 Å². The van der Waals surface area contributed by atoms with Crippen molar-refractivity contribution in [1.82, 2.24) is 0 Å². The lowest BCUT2D eigenvalue weighted by molar-refractivity contribution is 0.602. The molecule has 0 spiro atoms. The summed E-state index contributed by atoms with van der Waals surface area (Å²) in [6.45, 7) is 1.87. The monoisotopic (exact) mass is 375 g/mol. The van der Waals surface area contributed by atoms with Gasteiger partial charge in [-0.3, -0.25) is 4.72 Å². The van der Waals surface area contributed by atoms with Gasteiger partial charge in [0.2, 0.25) is 0 Å². The van der Waals surface area contributed by atoms with E-state index in [1.54, 1.807) is 18.2 Å². The number of aryl methyl sites for hydroxylation is 1. The van der Waals surface area contributed by atoms with Gasteiger partial charge >= 0.3 is 0 Å². The molecule has 0 aliphatic carbocycles. The Morgan fingerprint density at radius 1 is 0.955 bits per heavy atom. The third-order valence-electron chi connectivity index (χ3n) is 3.48. The summed E-state index contributed by atoms with van der Waals surface area (Å²) in [7, 11) is -3.65. The van der Waals surface area contributed by atoms with Crippen LogP contribution in [0.4, 0.5) is 5.69 Å². The lowest BCUT2D eigenvalue weighted by Gasteiger charge is -2.12. The number of sulfonamides is 1. The summed E-state index contributed by atoms with van der Waals surface area (Å²) in [5.74, 6) is 0. The summed E-state index contributed by atoms with van der Waals surface area (Å²) in [4.78, 5) is 0.282. The summed E-state index contributed by atoms with van der Waals surface area (Å²) in [6, 6.07) is 18.2. The number of anilines is 1. The quantitative estimate of drug-likeness (QED) is 0.720. The minimum Gasteiger partial charge on any atom is -0.279 e. The van der Waals surface area contributed by atoms with Crippen LogP contribution in [-0.2, 0) is 10.0 Å². The normalized spacial score (nSPS) is 11.5. The standard InChI is InChI=1S/C17H14BrNO2S/c1-12-9-10-14(18)11-16(12)19-22(20,21)17-8-4-6-13-5-2-3-7-15(13)17/h2-11,19H,1H3. The fourth-order valence-electron chi connectivity index (χ4n) is 2.33. The van der Waals surface area contributed by atoms with Gasteiger partial charge in [-0.15, -0.1) is 0 Å². The lowest BCUT2D eigenvalue weighted by atomic mass is 10.1. The first-order chi connectivity index (χ1) is 10.5. The molecule has 0 aromatic heterocycles. The second-order valence-electron chi connectivity index (χ2n) is 5.04. The summed E-state index contributed by atoms with van der Waals surface area (Å²) in [5, 5.41) is 1.61. The van der Waals surface area contributed by atoms with Crippen LogP contribution in [0, 0.1) is 6.92 Å². The Labute approximate surface area is 138 Å². The average molecular weight is 376 g/mol. The Hall–Kier alpha value is -1.85. The summed E-state index contributed by atoms with van der Waals surface area (Å²) < 4.78 is 29.0. The second-order valence-corrected chi connectivity index (χ2v) is 7.61. The molecule has 3 aromatic carbocycles. The zero-order valence-corrected chi connectivity index (χ0v) is 14.3. The highest BCUT2D eigenvalue weighted by atomic mass is 79.9. The van der Waals surface area contributed by atoms with Crippen LogP contribution in [0.2, 0.25) is 0 Å². The highest BCUT2D eigenvalue weighted by Gasteiger charge is 2.18. The minimum atomic E-state index is -3.65. The molecule has 0 saturated heterocycles. The average Bonchev–Trinajstić information content (AvgIpc) is 2.50. The molecule has 1 N–H and O–H groups in total. The first-order valence-electron chi connectivity index (χ1n) is 6.74. The molecule has 0 heterocycles. The highest BCUT2D eigenvalue weighted by molar-refractivity contribution is 9.10. The SMILES string of the molecule is Cc1ccc(Br)cc1NS(=O)(=O)c1cccc2ccccc12. The van der Waals surface area contributed by atoms with E-state index in [0.29, 0.717) is 11.1 Å². The molecule has 3 aromatic rings. The van der Waals surface area contributed by atoms with Gasteiger partial charge in [0.15, 0.2) is 0 Å². The van der Waals surface area contributed by atoms with Crippen molar-refractivity contribution in [2.24, 2.45) is 0 Å². The molecular formula is C17H14BrNO2S. The molecule has 0 unspecified atom stereocenters. The Balaban J connectivity index is 2.11. The van der Waals surface area contributed by atoms with Crippen LogP contribution in [0.1, 0.15) is 5.56 Å². The third-order valence-corrected chi connectivity index (χ3v) is 5.40. The molecule has 5 heteroatoms. The molecule has 0 bridgehead atoms. The third kappa shape index (κ3) is 2.87. The van der Waals surface area contributed by atoms with Crippen molar-refractivity contribution in [2.75, 3.05) is 4.72 Å². The molecule has 0 aliphatic heterocycles. The maximum Gasteiger partial charge on any atom is 0.262 e. The van der Waals surface area contributed by atoms with Crippen LogP contribution in [0.5, 0.6) is 0 Å². The smallest absolute Gasteiger partial charge is 0.262 e. The van der Waals surface area contributed by atoms with E-state index in [1.807, 2.05) is 49.4 Å². The van der Waals surface area contributed by atoms with Gasteiger partial charge in [-0.05, 0) is 36.1 Å². The van der Waals surface area contributed by atoms with E-state index in [1.165, 1.54) is 0 Å². The van der Waals surface area contributed by atoms with E-state index in [9.17, 15) is 8.42 Å². The number of fused-ring (bicyclic) bond motifs is 1. The zero-order chi connectivity index (χ0) is 15.7. The number of nitrogens with one attached hydrogen (secondary N) is 1. The zero-order valence-electron chi connectivity index (χ0n) is 11.9. The van der Waals surface area contributed by atoms with Crippen molar-refractivity contribution < 1.29 is 8.42 Å². The summed E-state index contributed by atoms with van der Waals surface area (Å²) >= 11 is 3.37. The van der Waals surface area contributed by atoms with E-state index in [4.69, 9.17) is 0 Å². The molecule has 0 fully saturated rings. The van der Waals surface area contributed by atoms with Gasteiger partial charge in [-0.25, -0.2) is 8.42 Å². The number of benzene rings is 3. The minimum absolute atomic E-state index is 0.282. The topological polar surface area (TPSA) is 46.2 Å². The van der Waals surface area contributed by atoms with Crippen molar-refractivity contribution in [1.29, 1.82) is 0 Å². The predicted molar refractivity (Wildman–Crippen MR) is 93.6 cm³/mol. The van der Waals surface area contributed by atoms with Crippen LogP contribution in [-0.4, -0.2) is 8.42 Å². The molecule has 112 valence electrons. The largest absolute Gasteiger partial charge is 0.279 e. The first-order valence-corrected chi connectivity index (χ1v) is 9.02. The van der Waals surface area contributed by atoms with Gasteiger partial charge in [0, 0.05) is 9.86 Å². The van der Waals surface area contributed by atoms with Gasteiger partial charge < -0.3 is 0 Å². The lowest BCUT2D eigenvalue weighted by Crippen LogP contribution is -2.14. The molecule has 0 amide bonds. The van der Waals surface area contributed by atoms with Crippen molar-refractivity contribution in [3.05, 3.63) is 70.7 Å². The van der Waals surface area contributed by atoms with E-state index >= 15 is 0 Å². The van der Waals surface area contributed by atoms with Crippen molar-refractivity contribution in [3.8, 4) is 0 Å². The van der Waals surface area contributed by atoms with Crippen molar-refractivity contribution >= 4 is 42.4 Å². The Morgan fingerprint density at radius 2 is 1.68 bits per heavy atom. The number of hydrogen-bond acceptors (Lipinski definition) is 2. The predicted octanol–water partition coefficient (Wildman–Crippen LogP) is 4.71. The van der Waals surface area contributed by atoms with Crippen LogP contribution < -0.4 is 4.72 Å². The molecule has 0 aliphatic rings. The van der Waals surface area contributed by atoms with Crippen LogP contribution in [0.15, 0.2) is 70.0 Å².